The molecule has 3 aromatic rings. The van der Waals surface area contributed by atoms with Crippen LogP contribution in [0, 0.1) is 13.8 Å². The SMILES string of the molecule is Cc1cc2[cH-]cc(-c3ccccc3)c2cc1C.[Li+]. The fourth-order valence-electron chi connectivity index (χ4n) is 2.34. The Morgan fingerprint density at radius 2 is 1.56 bits per heavy atom. The van der Waals surface area contributed by atoms with Crippen LogP contribution < -0.4 is 18.9 Å². The molecular formula is C17H15Li. The van der Waals surface area contributed by atoms with Crippen molar-refractivity contribution in [1.29, 1.82) is 0 Å². The Morgan fingerprint density at radius 3 is 2.28 bits per heavy atom. The molecule has 0 atom stereocenters. The van der Waals surface area contributed by atoms with Gasteiger partial charge in [0.15, 0.2) is 0 Å². The Labute approximate surface area is 120 Å². The van der Waals surface area contributed by atoms with Gasteiger partial charge in [-0.3, -0.25) is 0 Å². The van der Waals surface area contributed by atoms with Crippen molar-refractivity contribution in [3.05, 3.63) is 65.7 Å². The monoisotopic (exact) mass is 226 g/mol. The van der Waals surface area contributed by atoms with Gasteiger partial charge in [-0.05, 0) is 13.8 Å². The Hall–Kier alpha value is -1.35. The number of benzene rings is 2. The summed E-state index contributed by atoms with van der Waals surface area (Å²) in [6, 6.07) is 19.6. The molecular weight excluding hydrogens is 211 g/mol. The molecule has 3 aromatic carbocycles. The van der Waals surface area contributed by atoms with Crippen LogP contribution in [0.25, 0.3) is 21.9 Å². The first kappa shape index (κ1) is 13.1. The van der Waals surface area contributed by atoms with E-state index in [-0.39, 0.29) is 18.9 Å². The molecule has 0 saturated heterocycles. The molecule has 0 radical (unpaired) electrons. The summed E-state index contributed by atoms with van der Waals surface area (Å²) in [6.45, 7) is 4.35. The van der Waals surface area contributed by atoms with Crippen LogP contribution in [0.1, 0.15) is 11.1 Å². The molecule has 3 rings (SSSR count). The van der Waals surface area contributed by atoms with Gasteiger partial charge in [-0.15, -0.1) is 40.6 Å². The summed E-state index contributed by atoms with van der Waals surface area (Å²) in [7, 11) is 0. The molecule has 0 aromatic heterocycles. The van der Waals surface area contributed by atoms with Gasteiger partial charge in [0, 0.05) is 0 Å². The Bertz CT molecular complexity index is 663. The van der Waals surface area contributed by atoms with E-state index in [1.54, 1.807) is 0 Å². The van der Waals surface area contributed by atoms with E-state index in [4.69, 9.17) is 0 Å². The van der Waals surface area contributed by atoms with E-state index in [1.165, 1.54) is 33.0 Å². The topological polar surface area (TPSA) is 0 Å². The molecule has 84 valence electrons. The van der Waals surface area contributed by atoms with Crippen LogP contribution >= 0.6 is 0 Å². The number of hydrogen-bond acceptors (Lipinski definition) is 0. The van der Waals surface area contributed by atoms with Crippen LogP contribution in [0.4, 0.5) is 0 Å². The molecule has 0 aliphatic rings. The molecule has 0 N–H and O–H groups in total. The van der Waals surface area contributed by atoms with Crippen molar-refractivity contribution in [2.75, 3.05) is 0 Å². The van der Waals surface area contributed by atoms with Crippen molar-refractivity contribution in [2.45, 2.75) is 13.8 Å². The molecule has 0 unspecified atom stereocenters. The molecule has 18 heavy (non-hydrogen) atoms. The summed E-state index contributed by atoms with van der Waals surface area (Å²) < 4.78 is 0. The van der Waals surface area contributed by atoms with E-state index in [9.17, 15) is 0 Å². The van der Waals surface area contributed by atoms with Crippen LogP contribution in [-0.4, -0.2) is 0 Å². The van der Waals surface area contributed by atoms with Crippen LogP contribution in [0.5, 0.6) is 0 Å². The third-order valence-electron chi connectivity index (χ3n) is 3.47. The van der Waals surface area contributed by atoms with Crippen molar-refractivity contribution in [3.63, 3.8) is 0 Å². The Kier molecular flexibility index (Phi) is 3.71. The zero-order valence-electron chi connectivity index (χ0n) is 11.2. The summed E-state index contributed by atoms with van der Waals surface area (Å²) in [5.41, 5.74) is 5.36. The second-order valence-electron chi connectivity index (χ2n) is 4.64. The second kappa shape index (κ2) is 5.10. The van der Waals surface area contributed by atoms with E-state index < -0.39 is 0 Å². The van der Waals surface area contributed by atoms with Crippen molar-refractivity contribution in [3.8, 4) is 11.1 Å². The van der Waals surface area contributed by atoms with E-state index in [0.29, 0.717) is 0 Å². The normalized spacial score (nSPS) is 10.3. The first-order chi connectivity index (χ1) is 8.25. The molecule has 0 nitrogen and oxygen atoms in total. The van der Waals surface area contributed by atoms with Gasteiger partial charge in [-0.25, -0.2) is 0 Å². The van der Waals surface area contributed by atoms with Crippen LogP contribution in [0.3, 0.4) is 0 Å². The molecule has 0 amide bonds. The average Bonchev–Trinajstić information content (AvgIpc) is 2.74. The summed E-state index contributed by atoms with van der Waals surface area (Å²) in [5.74, 6) is 0. The third-order valence-corrected chi connectivity index (χ3v) is 3.47. The average molecular weight is 226 g/mol. The Morgan fingerprint density at radius 1 is 0.889 bits per heavy atom. The molecule has 0 saturated carbocycles. The predicted molar refractivity (Wildman–Crippen MR) is 74.5 cm³/mol. The second-order valence-corrected chi connectivity index (χ2v) is 4.64. The molecule has 1 heteroatoms. The van der Waals surface area contributed by atoms with Gasteiger partial charge in [-0.2, -0.15) is 0 Å². The number of rotatable bonds is 1. The van der Waals surface area contributed by atoms with Crippen molar-refractivity contribution in [2.24, 2.45) is 0 Å². The van der Waals surface area contributed by atoms with E-state index in [1.807, 2.05) is 0 Å². The molecule has 0 aliphatic carbocycles. The fourth-order valence-corrected chi connectivity index (χ4v) is 2.34. The fraction of sp³-hybridized carbons (Fsp3) is 0.118. The quantitative estimate of drug-likeness (QED) is 0.439. The van der Waals surface area contributed by atoms with Crippen LogP contribution in [-0.2, 0) is 0 Å². The van der Waals surface area contributed by atoms with Gasteiger partial charge >= 0.3 is 18.9 Å². The summed E-state index contributed by atoms with van der Waals surface area (Å²) in [4.78, 5) is 0. The van der Waals surface area contributed by atoms with Gasteiger partial charge in [0.2, 0.25) is 0 Å². The number of aryl methyl sites for hydroxylation is 2. The summed E-state index contributed by atoms with van der Waals surface area (Å²) in [6.07, 6.45) is 0. The van der Waals surface area contributed by atoms with E-state index in [0.717, 1.165) is 0 Å². The van der Waals surface area contributed by atoms with Crippen LogP contribution in [0.2, 0.25) is 0 Å². The molecule has 0 aliphatic heterocycles. The van der Waals surface area contributed by atoms with Crippen molar-refractivity contribution >= 4 is 10.8 Å². The predicted octanol–water partition coefficient (Wildman–Crippen LogP) is 1.85. The zero-order chi connectivity index (χ0) is 11.8. The maximum atomic E-state index is 2.30. The minimum absolute atomic E-state index is 0. The molecule has 0 heterocycles. The summed E-state index contributed by atoms with van der Waals surface area (Å²) in [5, 5.41) is 2.70. The van der Waals surface area contributed by atoms with Gasteiger partial charge < -0.3 is 0 Å². The van der Waals surface area contributed by atoms with Gasteiger partial charge in [-0.1, -0.05) is 47.0 Å². The van der Waals surface area contributed by atoms with Crippen molar-refractivity contribution in [1.82, 2.24) is 0 Å². The zero-order valence-corrected chi connectivity index (χ0v) is 11.2. The largest absolute Gasteiger partial charge is 1.00 e. The minimum atomic E-state index is 0. The standard InChI is InChI=1S/C17H15.Li/c1-12-10-15-8-9-16(17(15)11-13(12)2)14-6-4-3-5-7-14;/h3-11H,1-2H3;/q-1;+1. The maximum Gasteiger partial charge on any atom is 1.00 e. The molecule has 0 spiro atoms. The van der Waals surface area contributed by atoms with E-state index in [2.05, 4.69) is 68.4 Å². The van der Waals surface area contributed by atoms with Gasteiger partial charge in [0.05, 0.1) is 0 Å². The van der Waals surface area contributed by atoms with Gasteiger partial charge in [0.25, 0.3) is 0 Å². The van der Waals surface area contributed by atoms with Gasteiger partial charge in [0.1, 0.15) is 0 Å². The number of hydrogen-bond donors (Lipinski definition) is 0. The number of fused-ring (bicyclic) bond motifs is 1. The Balaban J connectivity index is 0.00000120. The smallest absolute Gasteiger partial charge is 0.149 e. The molecule has 0 fully saturated rings. The summed E-state index contributed by atoms with van der Waals surface area (Å²) >= 11 is 0. The van der Waals surface area contributed by atoms with Crippen LogP contribution in [0.15, 0.2) is 54.6 Å². The first-order valence-corrected chi connectivity index (χ1v) is 5.98. The van der Waals surface area contributed by atoms with E-state index >= 15 is 0 Å². The maximum absolute atomic E-state index is 2.30. The third kappa shape index (κ3) is 2.15. The molecule has 0 bridgehead atoms. The minimum Gasteiger partial charge on any atom is -0.149 e. The first-order valence-electron chi connectivity index (χ1n) is 5.98. The van der Waals surface area contributed by atoms with Crippen molar-refractivity contribution < 1.29 is 18.9 Å².